The molecule has 144 valence electrons. The van der Waals surface area contributed by atoms with Crippen LogP contribution in [-0.4, -0.2) is 37.3 Å². The van der Waals surface area contributed by atoms with Gasteiger partial charge in [-0.3, -0.25) is 18.6 Å². The lowest BCUT2D eigenvalue weighted by molar-refractivity contribution is 0.0742. The number of imidazole rings is 1. The highest BCUT2D eigenvalue weighted by Crippen LogP contribution is 2.27. The van der Waals surface area contributed by atoms with Gasteiger partial charge in [0.2, 0.25) is 5.65 Å². The fourth-order valence-electron chi connectivity index (χ4n) is 3.76. The molecule has 1 atom stereocenters. The highest BCUT2D eigenvalue weighted by molar-refractivity contribution is 6.33. The third kappa shape index (κ3) is 3.03. The number of nitrogens with zero attached hydrogens (tertiary/aromatic N) is 4. The summed E-state index contributed by atoms with van der Waals surface area (Å²) in [5.74, 6) is -0.136. The van der Waals surface area contributed by atoms with Crippen LogP contribution in [0.2, 0.25) is 5.02 Å². The van der Waals surface area contributed by atoms with Gasteiger partial charge < -0.3 is 4.90 Å². The van der Waals surface area contributed by atoms with Crippen LogP contribution in [0, 0.1) is 0 Å². The molecule has 1 aliphatic rings. The molecule has 1 amide bonds. The van der Waals surface area contributed by atoms with Gasteiger partial charge in [-0.05, 0) is 25.8 Å². The maximum atomic E-state index is 13.1. The van der Waals surface area contributed by atoms with E-state index in [2.05, 4.69) is 11.6 Å². The zero-order chi connectivity index (χ0) is 19.8. The summed E-state index contributed by atoms with van der Waals surface area (Å²) in [5.41, 5.74) is 1.60. The van der Waals surface area contributed by atoms with E-state index in [0.717, 1.165) is 24.9 Å². The van der Waals surface area contributed by atoms with Crippen molar-refractivity contribution in [3.8, 4) is 11.3 Å². The van der Waals surface area contributed by atoms with Gasteiger partial charge in [0, 0.05) is 42.1 Å². The average molecular weight is 397 g/mol. The topological polar surface area (TPSA) is 59.6 Å². The molecule has 1 unspecified atom stereocenters. The smallest absolute Gasteiger partial charge is 0.295 e. The first-order valence-corrected chi connectivity index (χ1v) is 9.68. The molecule has 7 heteroatoms. The van der Waals surface area contributed by atoms with Crippen molar-refractivity contribution in [2.45, 2.75) is 32.4 Å². The molecule has 0 saturated carbocycles. The molecule has 3 aromatic rings. The standard InChI is InChI=1S/C21H21ClN4O2/c1-3-10-26-18(15-8-4-5-9-16(15)22)13-24-12-17(23-19(24)21(26)28)20(27)25-11-6-7-14(25)2/h3-5,8-9,12-14H,1,6-7,10-11H2,2H3. The Labute approximate surface area is 167 Å². The molecule has 4 rings (SSSR count). The third-order valence-electron chi connectivity index (χ3n) is 5.22. The van der Waals surface area contributed by atoms with Crippen molar-refractivity contribution >= 4 is 23.2 Å². The van der Waals surface area contributed by atoms with Gasteiger partial charge in [0.25, 0.3) is 11.5 Å². The molecule has 2 aromatic heterocycles. The first-order valence-electron chi connectivity index (χ1n) is 9.30. The number of benzene rings is 1. The number of likely N-dealkylation sites (tertiary alicyclic amines) is 1. The summed E-state index contributed by atoms with van der Waals surface area (Å²) >= 11 is 6.37. The summed E-state index contributed by atoms with van der Waals surface area (Å²) in [6, 6.07) is 7.53. The zero-order valence-electron chi connectivity index (χ0n) is 15.6. The van der Waals surface area contributed by atoms with Gasteiger partial charge in [-0.1, -0.05) is 35.9 Å². The Morgan fingerprint density at radius 1 is 1.36 bits per heavy atom. The van der Waals surface area contributed by atoms with Crippen LogP contribution in [0.25, 0.3) is 16.9 Å². The Balaban J connectivity index is 1.89. The molecule has 6 nitrogen and oxygen atoms in total. The molecule has 0 N–H and O–H groups in total. The minimum atomic E-state index is -0.286. The fourth-order valence-corrected chi connectivity index (χ4v) is 3.99. The fraction of sp³-hybridized carbons (Fsp3) is 0.286. The predicted molar refractivity (Wildman–Crippen MR) is 110 cm³/mol. The van der Waals surface area contributed by atoms with Gasteiger partial charge in [0.15, 0.2) is 0 Å². The Morgan fingerprint density at radius 3 is 2.82 bits per heavy atom. The van der Waals surface area contributed by atoms with E-state index in [0.29, 0.717) is 17.3 Å². The minimum Gasteiger partial charge on any atom is -0.335 e. The summed E-state index contributed by atoms with van der Waals surface area (Å²) < 4.78 is 3.19. The molecule has 0 spiro atoms. The quantitative estimate of drug-likeness (QED) is 0.633. The summed E-state index contributed by atoms with van der Waals surface area (Å²) in [4.78, 5) is 32.2. The van der Waals surface area contributed by atoms with Crippen LogP contribution in [0.1, 0.15) is 30.3 Å². The third-order valence-corrected chi connectivity index (χ3v) is 5.54. The number of carbonyl (C=O) groups excluding carboxylic acids is 1. The van der Waals surface area contributed by atoms with Crippen molar-refractivity contribution in [1.29, 1.82) is 0 Å². The summed E-state index contributed by atoms with van der Waals surface area (Å²) in [6.45, 7) is 6.82. The van der Waals surface area contributed by atoms with Crippen LogP contribution in [0.4, 0.5) is 0 Å². The summed E-state index contributed by atoms with van der Waals surface area (Å²) in [7, 11) is 0. The zero-order valence-corrected chi connectivity index (χ0v) is 16.4. The van der Waals surface area contributed by atoms with Gasteiger partial charge >= 0.3 is 0 Å². The lowest BCUT2D eigenvalue weighted by atomic mass is 10.1. The highest BCUT2D eigenvalue weighted by atomic mass is 35.5. The summed E-state index contributed by atoms with van der Waals surface area (Å²) in [6.07, 6.45) is 7.05. The van der Waals surface area contributed by atoms with Crippen molar-refractivity contribution in [3.63, 3.8) is 0 Å². The first kappa shape index (κ1) is 18.5. The monoisotopic (exact) mass is 396 g/mol. The van der Waals surface area contributed by atoms with Gasteiger partial charge in [0.05, 0.1) is 5.69 Å². The van der Waals surface area contributed by atoms with E-state index in [-0.39, 0.29) is 28.8 Å². The number of rotatable bonds is 4. The summed E-state index contributed by atoms with van der Waals surface area (Å²) in [5, 5.41) is 0.543. The molecule has 28 heavy (non-hydrogen) atoms. The lowest BCUT2D eigenvalue weighted by Crippen LogP contribution is -2.33. The number of allylic oxidation sites excluding steroid dienone is 1. The van der Waals surface area contributed by atoms with Gasteiger partial charge in [-0.15, -0.1) is 6.58 Å². The van der Waals surface area contributed by atoms with Crippen LogP contribution in [0.15, 0.2) is 54.1 Å². The Hall–Kier alpha value is -2.86. The number of aromatic nitrogens is 3. The van der Waals surface area contributed by atoms with Crippen LogP contribution in [-0.2, 0) is 6.54 Å². The molecule has 1 saturated heterocycles. The second-order valence-electron chi connectivity index (χ2n) is 7.05. The van der Waals surface area contributed by atoms with Crippen LogP contribution >= 0.6 is 11.6 Å². The van der Waals surface area contributed by atoms with Crippen molar-refractivity contribution < 1.29 is 4.79 Å². The maximum Gasteiger partial charge on any atom is 0.295 e. The maximum absolute atomic E-state index is 13.1. The second kappa shape index (κ2) is 7.28. The van der Waals surface area contributed by atoms with E-state index in [9.17, 15) is 9.59 Å². The minimum absolute atomic E-state index is 0.136. The van der Waals surface area contributed by atoms with Gasteiger partial charge in [-0.2, -0.15) is 0 Å². The molecule has 1 aliphatic heterocycles. The molecule has 0 bridgehead atoms. The van der Waals surface area contributed by atoms with Crippen LogP contribution in [0.3, 0.4) is 0 Å². The van der Waals surface area contributed by atoms with Crippen LogP contribution in [0.5, 0.6) is 0 Å². The largest absolute Gasteiger partial charge is 0.335 e. The molecule has 3 heterocycles. The Bertz CT molecular complexity index is 1130. The van der Waals surface area contributed by atoms with E-state index in [4.69, 9.17) is 11.6 Å². The molecule has 1 fully saturated rings. The van der Waals surface area contributed by atoms with Crippen LogP contribution < -0.4 is 5.56 Å². The predicted octanol–water partition coefficient (Wildman–Crippen LogP) is 3.63. The van der Waals surface area contributed by atoms with E-state index >= 15 is 0 Å². The number of hydrogen-bond donors (Lipinski definition) is 0. The van der Waals surface area contributed by atoms with Crippen molar-refractivity contribution in [1.82, 2.24) is 18.9 Å². The molecule has 1 aromatic carbocycles. The van der Waals surface area contributed by atoms with E-state index < -0.39 is 0 Å². The number of amides is 1. The average Bonchev–Trinajstić information content (AvgIpc) is 3.30. The first-order chi connectivity index (χ1) is 13.5. The normalized spacial score (nSPS) is 16.6. The SMILES string of the molecule is C=CCn1c(-c2ccccc2Cl)cn2cc(C(=O)N3CCCC3C)nc2c1=O. The molecular formula is C21H21ClN4O2. The van der Waals surface area contributed by atoms with E-state index in [1.165, 1.54) is 0 Å². The lowest BCUT2D eigenvalue weighted by Gasteiger charge is -2.19. The van der Waals surface area contributed by atoms with Gasteiger partial charge in [0.1, 0.15) is 5.69 Å². The number of fused-ring (bicyclic) bond motifs is 1. The Kier molecular flexibility index (Phi) is 4.81. The van der Waals surface area contributed by atoms with Gasteiger partial charge in [-0.25, -0.2) is 4.98 Å². The number of carbonyl (C=O) groups is 1. The van der Waals surface area contributed by atoms with Crippen molar-refractivity contribution in [3.05, 3.63) is 70.4 Å². The van der Waals surface area contributed by atoms with Crippen molar-refractivity contribution in [2.75, 3.05) is 6.54 Å². The molecule has 0 radical (unpaired) electrons. The second-order valence-corrected chi connectivity index (χ2v) is 7.45. The van der Waals surface area contributed by atoms with E-state index in [1.807, 2.05) is 30.0 Å². The highest BCUT2D eigenvalue weighted by Gasteiger charge is 2.28. The van der Waals surface area contributed by atoms with Crippen molar-refractivity contribution in [2.24, 2.45) is 0 Å². The molecular weight excluding hydrogens is 376 g/mol. The molecule has 0 aliphatic carbocycles. The Morgan fingerprint density at radius 2 is 2.14 bits per heavy atom. The van der Waals surface area contributed by atoms with E-state index in [1.54, 1.807) is 33.5 Å². The number of hydrogen-bond acceptors (Lipinski definition) is 3. The number of halogens is 1.